The Morgan fingerprint density at radius 3 is 1.88 bits per heavy atom. The van der Waals surface area contributed by atoms with Gasteiger partial charge in [0.15, 0.2) is 6.23 Å². The summed E-state index contributed by atoms with van der Waals surface area (Å²) >= 11 is 0. The number of carboxylic acids is 2. The summed E-state index contributed by atoms with van der Waals surface area (Å²) in [6.07, 6.45) is -4.04. The Bertz CT molecular complexity index is 588. The fourth-order valence-corrected chi connectivity index (χ4v) is 3.25. The van der Waals surface area contributed by atoms with Gasteiger partial charge in [-0.25, -0.2) is 0 Å². The van der Waals surface area contributed by atoms with Crippen molar-refractivity contribution in [1.82, 2.24) is 5.32 Å². The number of aliphatic carboxylic acids is 2. The van der Waals surface area contributed by atoms with Gasteiger partial charge in [-0.05, 0) is 19.3 Å². The normalized spacial score (nSPS) is 32.2. The van der Waals surface area contributed by atoms with E-state index in [9.17, 15) is 39.9 Å². The third kappa shape index (κ3) is 9.36. The smallest absolute Gasteiger partial charge is 0.549 e. The quantitative estimate of drug-likeness (QED) is 0.128. The van der Waals surface area contributed by atoms with Crippen LogP contribution in [0, 0.1) is 5.92 Å². The predicted molar refractivity (Wildman–Crippen MR) is 99.1 cm³/mol. The molecule has 0 radical (unpaired) electrons. The molecule has 0 spiro atoms. The molecule has 32 heavy (non-hydrogen) atoms. The number of amides is 1. The monoisotopic (exact) mass is 644 g/mol. The number of carboxylic acid groups (broad SMARTS) is 2. The average molecular weight is 645 g/mol. The van der Waals surface area contributed by atoms with Gasteiger partial charge in [0, 0.05) is 24.4 Å². The van der Waals surface area contributed by atoms with Crippen LogP contribution in [0.15, 0.2) is 0 Å². The summed E-state index contributed by atoms with van der Waals surface area (Å²) < 4.78 is 5.00. The van der Waals surface area contributed by atoms with Crippen LogP contribution < -0.4 is 27.0 Å². The number of nitrogens with two attached hydrogens (primary N) is 2. The summed E-state index contributed by atoms with van der Waals surface area (Å²) in [5, 5.41) is 60.9. The molecule has 1 heterocycles. The maximum atomic E-state index is 11.7. The van der Waals surface area contributed by atoms with Crippen molar-refractivity contribution in [2.24, 2.45) is 17.4 Å². The van der Waals surface area contributed by atoms with Crippen molar-refractivity contribution >= 4 is 17.8 Å². The van der Waals surface area contributed by atoms with Crippen LogP contribution in [-0.2, 0) is 40.2 Å². The molecule has 2 fully saturated rings. The number of aliphatic hydroxyl groups is 4. The second kappa shape index (κ2) is 14.9. The predicted octanol–water partition coefficient (Wildman–Crippen LogP) is -5.99. The number of nitrogens with one attached hydrogen (secondary N) is 1. The molecule has 0 bridgehead atoms. The first-order chi connectivity index (χ1) is 14.5. The van der Waals surface area contributed by atoms with Crippen LogP contribution in [0.2, 0.25) is 0 Å². The van der Waals surface area contributed by atoms with Gasteiger partial charge in [-0.2, -0.15) is 0 Å². The van der Waals surface area contributed by atoms with Crippen molar-refractivity contribution in [3.63, 3.8) is 0 Å². The first-order valence-electron chi connectivity index (χ1n) is 10.0. The molecule has 9 N–H and O–H groups in total. The van der Waals surface area contributed by atoms with Gasteiger partial charge in [0.25, 0.3) is 0 Å². The molecule has 7 atom stereocenters. The van der Waals surface area contributed by atoms with Gasteiger partial charge >= 0.3 is 21.1 Å². The Labute approximate surface area is 199 Å². The molecular formula is C18H31N3O10Pt. The number of aliphatic hydroxyl groups excluding tert-OH is 4. The van der Waals surface area contributed by atoms with Crippen LogP contribution >= 0.6 is 0 Å². The van der Waals surface area contributed by atoms with Gasteiger partial charge in [-0.3, -0.25) is 4.79 Å². The van der Waals surface area contributed by atoms with Gasteiger partial charge < -0.3 is 61.7 Å². The van der Waals surface area contributed by atoms with E-state index in [1.165, 1.54) is 12.8 Å². The summed E-state index contributed by atoms with van der Waals surface area (Å²) in [4.78, 5) is 32.7. The molecule has 2 rings (SSSR count). The van der Waals surface area contributed by atoms with Crippen LogP contribution in [0.25, 0.3) is 0 Å². The van der Waals surface area contributed by atoms with Gasteiger partial charge in [0.2, 0.25) is 5.91 Å². The second-order valence-electron chi connectivity index (χ2n) is 7.66. The van der Waals surface area contributed by atoms with Crippen molar-refractivity contribution in [1.29, 1.82) is 0 Å². The van der Waals surface area contributed by atoms with Gasteiger partial charge in [0.1, 0.15) is 24.4 Å². The van der Waals surface area contributed by atoms with Crippen molar-refractivity contribution in [2.75, 3.05) is 6.61 Å². The van der Waals surface area contributed by atoms with Gasteiger partial charge in [-0.1, -0.05) is 12.8 Å². The molecule has 2 aliphatic rings. The summed E-state index contributed by atoms with van der Waals surface area (Å²) in [5.74, 6) is -6.64. The fraction of sp³-hybridized carbons (Fsp3) is 0.833. The average Bonchev–Trinajstić information content (AvgIpc) is 2.70. The molecule has 1 aliphatic heterocycles. The van der Waals surface area contributed by atoms with Crippen LogP contribution in [0.1, 0.15) is 38.5 Å². The van der Waals surface area contributed by atoms with Crippen molar-refractivity contribution in [2.45, 2.75) is 81.3 Å². The zero-order valence-electron chi connectivity index (χ0n) is 17.3. The third-order valence-corrected chi connectivity index (χ3v) is 5.30. The SMILES string of the molecule is N[C@@H]1CCCC[C@H]1N.O=C(CCC(C(=O)[O-])C(=O)[O-])N[C@@H]1O[C@H](CO)[C@@H](O)[C@H](O)[C@H]1O.[Pt+2]. The molecule has 14 heteroatoms. The van der Waals surface area contributed by atoms with E-state index in [4.69, 9.17) is 21.3 Å². The largest absolute Gasteiger partial charge is 2.00 e. The number of ether oxygens (including phenoxy) is 1. The molecule has 0 aromatic carbocycles. The number of rotatable bonds is 7. The number of carbonyl (C=O) groups is 3. The van der Waals surface area contributed by atoms with E-state index in [-0.39, 0.29) is 33.1 Å². The van der Waals surface area contributed by atoms with Crippen molar-refractivity contribution < 1.29 is 70.8 Å². The Balaban J connectivity index is 0.000000896. The summed E-state index contributed by atoms with van der Waals surface area (Å²) in [7, 11) is 0. The van der Waals surface area contributed by atoms with Crippen LogP contribution in [0.5, 0.6) is 0 Å². The van der Waals surface area contributed by atoms with E-state index in [1.807, 2.05) is 0 Å². The first kappa shape index (κ1) is 30.8. The molecule has 1 aliphatic carbocycles. The number of hydrogen-bond acceptors (Lipinski definition) is 12. The second-order valence-corrected chi connectivity index (χ2v) is 7.66. The number of hydrogen-bond donors (Lipinski definition) is 7. The molecule has 0 aromatic rings. The Morgan fingerprint density at radius 2 is 1.47 bits per heavy atom. The zero-order valence-corrected chi connectivity index (χ0v) is 19.6. The molecule has 188 valence electrons. The van der Waals surface area contributed by atoms with E-state index in [0.717, 1.165) is 12.8 Å². The van der Waals surface area contributed by atoms with E-state index in [1.54, 1.807) is 0 Å². The number of carbonyl (C=O) groups excluding carboxylic acids is 3. The Morgan fingerprint density at radius 1 is 0.969 bits per heavy atom. The molecule has 0 aromatic heterocycles. The summed E-state index contributed by atoms with van der Waals surface area (Å²) in [6.45, 7) is -0.686. The van der Waals surface area contributed by atoms with Gasteiger partial charge in [0.05, 0.1) is 18.5 Å². The van der Waals surface area contributed by atoms with E-state index in [0.29, 0.717) is 0 Å². The molecule has 0 unspecified atom stereocenters. The van der Waals surface area contributed by atoms with E-state index in [2.05, 4.69) is 5.32 Å². The van der Waals surface area contributed by atoms with Crippen LogP contribution in [-0.4, -0.2) is 87.6 Å². The molecule has 13 nitrogen and oxygen atoms in total. The maximum absolute atomic E-state index is 11.7. The minimum atomic E-state index is -1.98. The van der Waals surface area contributed by atoms with Gasteiger partial charge in [-0.15, -0.1) is 0 Å². The standard InChI is InChI=1S/C12H19NO10.C6H14N2.Pt/c14-3-5-7(16)8(17)9(18)10(23-5)13-6(15)2-1-4(11(19)20)12(21)22;7-5-3-1-2-4-6(5)8;/h4-5,7-10,14,16-18H,1-3H2,(H,13,15)(H,19,20)(H,21,22);5-6H,1-4,7-8H2;/q;;+2/p-2/t5-,7-,8+,9-,10-;5-,6-;/m11./s1. The van der Waals surface area contributed by atoms with Crippen molar-refractivity contribution in [3.05, 3.63) is 0 Å². The first-order valence-corrected chi connectivity index (χ1v) is 10.0. The molecule has 1 amide bonds. The van der Waals surface area contributed by atoms with Crippen LogP contribution in [0.4, 0.5) is 0 Å². The minimum absolute atomic E-state index is 0. The molecule has 1 saturated heterocycles. The van der Waals surface area contributed by atoms with E-state index >= 15 is 0 Å². The molecular weight excluding hydrogens is 613 g/mol. The third-order valence-electron chi connectivity index (χ3n) is 5.30. The van der Waals surface area contributed by atoms with E-state index < -0.39 is 73.9 Å². The van der Waals surface area contributed by atoms with Crippen molar-refractivity contribution in [3.8, 4) is 0 Å². The van der Waals surface area contributed by atoms with Crippen LogP contribution in [0.3, 0.4) is 0 Å². The summed E-state index contributed by atoms with van der Waals surface area (Å²) in [5.41, 5.74) is 11.3. The minimum Gasteiger partial charge on any atom is -0.549 e. The summed E-state index contributed by atoms with van der Waals surface area (Å²) in [6, 6.07) is 0.562. The Kier molecular flexibility index (Phi) is 14.3. The molecule has 1 saturated carbocycles. The topological polar surface area (TPSA) is 252 Å². The fourth-order valence-electron chi connectivity index (χ4n) is 3.25. The zero-order chi connectivity index (χ0) is 23.7. The Hall–Kier alpha value is -1.18. The maximum Gasteiger partial charge on any atom is 2.00 e.